The fourth-order valence-corrected chi connectivity index (χ4v) is 2.32. The van der Waals surface area contributed by atoms with Crippen molar-refractivity contribution in [3.8, 4) is 12.3 Å². The quantitative estimate of drug-likeness (QED) is 0.283. The second-order valence-corrected chi connectivity index (χ2v) is 4.50. The highest BCUT2D eigenvalue weighted by atomic mass is 127. The molecule has 1 aromatic carbocycles. The number of guanidine groups is 1. The van der Waals surface area contributed by atoms with E-state index in [-0.39, 0.29) is 24.0 Å². The van der Waals surface area contributed by atoms with Crippen molar-refractivity contribution in [2.24, 2.45) is 10.7 Å². The van der Waals surface area contributed by atoms with Crippen molar-refractivity contribution >= 4 is 35.6 Å². The second kappa shape index (κ2) is 8.05. The zero-order chi connectivity index (χ0) is 12.8. The van der Waals surface area contributed by atoms with Gasteiger partial charge in [0.2, 0.25) is 0 Å². The monoisotopic (exact) mass is 369 g/mol. The third-order valence-corrected chi connectivity index (χ3v) is 3.20. The van der Waals surface area contributed by atoms with Crippen LogP contribution in [0.4, 0.5) is 5.69 Å². The van der Waals surface area contributed by atoms with E-state index in [1.165, 1.54) is 30.4 Å². The summed E-state index contributed by atoms with van der Waals surface area (Å²) in [5.41, 5.74) is 9.76. The van der Waals surface area contributed by atoms with Gasteiger partial charge in [0, 0.05) is 12.1 Å². The van der Waals surface area contributed by atoms with Crippen molar-refractivity contribution in [3.05, 3.63) is 29.3 Å². The van der Waals surface area contributed by atoms with Crippen LogP contribution in [0.1, 0.15) is 30.4 Å². The zero-order valence-electron chi connectivity index (χ0n) is 11.0. The van der Waals surface area contributed by atoms with E-state index in [9.17, 15) is 0 Å². The van der Waals surface area contributed by atoms with Gasteiger partial charge < -0.3 is 11.1 Å². The predicted octanol–water partition coefficient (Wildman–Crippen LogP) is 2.93. The number of aliphatic imine (C=N–C) groups is 1. The number of nitrogens with one attached hydrogen (secondary N) is 1. The van der Waals surface area contributed by atoms with E-state index in [0.29, 0.717) is 18.9 Å². The van der Waals surface area contributed by atoms with Crippen molar-refractivity contribution in [2.75, 3.05) is 11.9 Å². The van der Waals surface area contributed by atoms with E-state index in [0.717, 1.165) is 12.1 Å². The zero-order valence-corrected chi connectivity index (χ0v) is 13.3. The van der Waals surface area contributed by atoms with Crippen LogP contribution in [-0.2, 0) is 12.8 Å². The molecule has 0 amide bonds. The molecular weight excluding hydrogens is 349 g/mol. The number of hydrogen-bond donors (Lipinski definition) is 2. The number of nitrogens with two attached hydrogens (primary N) is 1. The fourth-order valence-electron chi connectivity index (χ4n) is 2.32. The first-order valence-electron chi connectivity index (χ1n) is 6.42. The summed E-state index contributed by atoms with van der Waals surface area (Å²) in [6.45, 7) is 0.574. The molecule has 2 rings (SSSR count). The molecular formula is C15H20IN3. The van der Waals surface area contributed by atoms with Crippen LogP contribution < -0.4 is 11.1 Å². The largest absolute Gasteiger partial charge is 0.370 e. The predicted molar refractivity (Wildman–Crippen MR) is 92.1 cm³/mol. The Labute approximate surface area is 132 Å². The van der Waals surface area contributed by atoms with Crippen molar-refractivity contribution in [3.63, 3.8) is 0 Å². The summed E-state index contributed by atoms with van der Waals surface area (Å²) in [5.74, 6) is 2.99. The number of benzene rings is 1. The van der Waals surface area contributed by atoms with Gasteiger partial charge in [0.05, 0.1) is 6.54 Å². The minimum atomic E-state index is 0. The lowest BCUT2D eigenvalue weighted by Gasteiger charge is -2.19. The van der Waals surface area contributed by atoms with Crippen LogP contribution in [0.25, 0.3) is 0 Å². The molecule has 0 aliphatic heterocycles. The minimum absolute atomic E-state index is 0. The van der Waals surface area contributed by atoms with Crippen LogP contribution in [0.5, 0.6) is 0 Å². The number of halogens is 1. The molecule has 3 nitrogen and oxygen atoms in total. The average Bonchev–Trinajstić information content (AvgIpc) is 2.39. The van der Waals surface area contributed by atoms with Crippen LogP contribution in [0.2, 0.25) is 0 Å². The van der Waals surface area contributed by atoms with E-state index >= 15 is 0 Å². The van der Waals surface area contributed by atoms with E-state index in [4.69, 9.17) is 12.2 Å². The molecule has 0 saturated carbocycles. The third kappa shape index (κ3) is 4.43. The van der Waals surface area contributed by atoms with Gasteiger partial charge in [0.15, 0.2) is 5.96 Å². The highest BCUT2D eigenvalue weighted by Crippen LogP contribution is 2.27. The lowest BCUT2D eigenvalue weighted by Crippen LogP contribution is -2.24. The first kappa shape index (κ1) is 15.8. The second-order valence-electron chi connectivity index (χ2n) is 4.50. The molecule has 0 saturated heterocycles. The highest BCUT2D eigenvalue weighted by Gasteiger charge is 2.12. The van der Waals surface area contributed by atoms with Gasteiger partial charge in [-0.3, -0.25) is 4.99 Å². The number of terminal acetylenes is 1. The van der Waals surface area contributed by atoms with Crippen LogP contribution >= 0.6 is 24.0 Å². The first-order chi connectivity index (χ1) is 8.81. The van der Waals surface area contributed by atoms with Gasteiger partial charge in [-0.05, 0) is 42.9 Å². The number of fused-ring (bicyclic) bond motifs is 1. The van der Waals surface area contributed by atoms with Gasteiger partial charge in [-0.15, -0.1) is 36.3 Å². The SMILES string of the molecule is C#CCCN=C(N)Nc1cccc2c1CCCC2.I. The molecule has 0 unspecified atom stereocenters. The van der Waals surface area contributed by atoms with Crippen molar-refractivity contribution in [2.45, 2.75) is 32.1 Å². The maximum atomic E-state index is 5.85. The maximum Gasteiger partial charge on any atom is 0.193 e. The van der Waals surface area contributed by atoms with Crippen LogP contribution in [0.3, 0.4) is 0 Å². The van der Waals surface area contributed by atoms with E-state index in [1.807, 2.05) is 0 Å². The summed E-state index contributed by atoms with van der Waals surface area (Å²) in [6, 6.07) is 6.33. The lowest BCUT2D eigenvalue weighted by atomic mass is 9.90. The summed E-state index contributed by atoms with van der Waals surface area (Å²) in [7, 11) is 0. The third-order valence-electron chi connectivity index (χ3n) is 3.20. The number of anilines is 1. The van der Waals surface area contributed by atoms with Crippen molar-refractivity contribution in [1.82, 2.24) is 0 Å². The molecule has 1 aliphatic carbocycles. The molecule has 1 aliphatic rings. The summed E-state index contributed by atoms with van der Waals surface area (Å²) < 4.78 is 0. The van der Waals surface area contributed by atoms with E-state index in [2.05, 4.69) is 34.4 Å². The molecule has 0 fully saturated rings. The van der Waals surface area contributed by atoms with E-state index in [1.54, 1.807) is 0 Å². The Morgan fingerprint density at radius 1 is 1.37 bits per heavy atom. The smallest absolute Gasteiger partial charge is 0.193 e. The molecule has 1 aromatic rings. The lowest BCUT2D eigenvalue weighted by molar-refractivity contribution is 0.687. The fraction of sp³-hybridized carbons (Fsp3) is 0.400. The Bertz CT molecular complexity index is 489. The Balaban J connectivity index is 0.00000180. The molecule has 4 heteroatoms. The van der Waals surface area contributed by atoms with Gasteiger partial charge in [-0.25, -0.2) is 0 Å². The molecule has 0 heterocycles. The Morgan fingerprint density at radius 3 is 2.95 bits per heavy atom. The topological polar surface area (TPSA) is 50.4 Å². The van der Waals surface area contributed by atoms with Gasteiger partial charge in [0.1, 0.15) is 0 Å². The number of aryl methyl sites for hydroxylation is 1. The summed E-state index contributed by atoms with van der Waals surface area (Å²) in [4.78, 5) is 4.20. The van der Waals surface area contributed by atoms with Gasteiger partial charge in [0.25, 0.3) is 0 Å². The normalized spacial score (nSPS) is 13.9. The van der Waals surface area contributed by atoms with Crippen LogP contribution in [0, 0.1) is 12.3 Å². The first-order valence-corrected chi connectivity index (χ1v) is 6.42. The van der Waals surface area contributed by atoms with Crippen LogP contribution in [0.15, 0.2) is 23.2 Å². The average molecular weight is 369 g/mol. The molecule has 0 aromatic heterocycles. The van der Waals surface area contributed by atoms with Crippen molar-refractivity contribution < 1.29 is 0 Å². The summed E-state index contributed by atoms with van der Waals surface area (Å²) in [5, 5.41) is 3.19. The number of nitrogens with zero attached hydrogens (tertiary/aromatic N) is 1. The highest BCUT2D eigenvalue weighted by molar-refractivity contribution is 14.0. The Hall–Kier alpha value is -1.22. The van der Waals surface area contributed by atoms with Gasteiger partial charge in [-0.1, -0.05) is 12.1 Å². The standard InChI is InChI=1S/C15H19N3.HI/c1-2-3-11-17-15(16)18-14-10-6-8-12-7-4-5-9-13(12)14;/h1,6,8,10H,3-5,7,9,11H2,(H3,16,17,18);1H. The number of hydrogen-bond acceptors (Lipinski definition) is 1. The minimum Gasteiger partial charge on any atom is -0.370 e. The maximum absolute atomic E-state index is 5.85. The number of rotatable bonds is 3. The molecule has 0 bridgehead atoms. The Morgan fingerprint density at radius 2 is 2.16 bits per heavy atom. The molecule has 102 valence electrons. The van der Waals surface area contributed by atoms with Gasteiger partial charge in [-0.2, -0.15) is 0 Å². The van der Waals surface area contributed by atoms with Gasteiger partial charge >= 0.3 is 0 Å². The molecule has 0 atom stereocenters. The molecule has 3 N–H and O–H groups in total. The molecule has 0 radical (unpaired) electrons. The Kier molecular flexibility index (Phi) is 6.71. The van der Waals surface area contributed by atoms with E-state index < -0.39 is 0 Å². The van der Waals surface area contributed by atoms with Crippen LogP contribution in [-0.4, -0.2) is 12.5 Å². The van der Waals surface area contributed by atoms with Crippen molar-refractivity contribution in [1.29, 1.82) is 0 Å². The summed E-state index contributed by atoms with van der Waals surface area (Å²) >= 11 is 0. The molecule has 0 spiro atoms. The molecule has 19 heavy (non-hydrogen) atoms. The summed E-state index contributed by atoms with van der Waals surface area (Å²) in [6.07, 6.45) is 10.6.